The molecule has 1 aliphatic heterocycles. The molecule has 1 aromatic rings. The van der Waals surface area contributed by atoms with Crippen molar-refractivity contribution in [3.8, 4) is 5.75 Å². The van der Waals surface area contributed by atoms with Gasteiger partial charge in [0.25, 0.3) is 0 Å². The van der Waals surface area contributed by atoms with Crippen molar-refractivity contribution in [3.05, 3.63) is 28.0 Å². The Morgan fingerprint density at radius 3 is 2.43 bits per heavy atom. The van der Waals surface area contributed by atoms with E-state index in [4.69, 9.17) is 9.47 Å². The van der Waals surface area contributed by atoms with E-state index in [2.05, 4.69) is 42.0 Å². The molecule has 5 atom stereocenters. The molecule has 3 nitrogen and oxygen atoms in total. The summed E-state index contributed by atoms with van der Waals surface area (Å²) in [4.78, 5) is 0. The molecule has 1 aromatic carbocycles. The topological polar surface area (TPSA) is 30.5 Å². The zero-order valence-electron chi connectivity index (χ0n) is 13.1. The molecule has 0 radical (unpaired) electrons. The molecule has 1 aliphatic rings. The van der Waals surface area contributed by atoms with E-state index >= 15 is 0 Å². The molecule has 5 heteroatoms. The van der Waals surface area contributed by atoms with Crippen LogP contribution in [0.15, 0.2) is 16.6 Å². The minimum Gasteiger partial charge on any atom is -0.496 e. The van der Waals surface area contributed by atoms with Crippen molar-refractivity contribution in [2.75, 3.05) is 14.2 Å². The summed E-state index contributed by atoms with van der Waals surface area (Å²) in [5.74, 6) is 0.957. The molecule has 1 fully saturated rings. The second-order valence-electron chi connectivity index (χ2n) is 5.76. The molecule has 21 heavy (non-hydrogen) atoms. The highest BCUT2D eigenvalue weighted by Crippen LogP contribution is 2.43. The number of benzene rings is 1. The van der Waals surface area contributed by atoms with E-state index in [0.717, 1.165) is 5.56 Å². The van der Waals surface area contributed by atoms with Gasteiger partial charge >= 0.3 is 0 Å². The first-order valence-electron chi connectivity index (χ1n) is 7.26. The Kier molecular flexibility index (Phi) is 5.28. The van der Waals surface area contributed by atoms with E-state index in [9.17, 15) is 4.39 Å². The third-order valence-electron chi connectivity index (χ3n) is 4.62. The van der Waals surface area contributed by atoms with E-state index in [1.54, 1.807) is 13.2 Å². The summed E-state index contributed by atoms with van der Waals surface area (Å²) < 4.78 is 25.5. The van der Waals surface area contributed by atoms with Crippen molar-refractivity contribution in [2.24, 2.45) is 11.8 Å². The van der Waals surface area contributed by atoms with Gasteiger partial charge in [-0.05, 0) is 48.8 Å². The smallest absolute Gasteiger partial charge is 0.141 e. The van der Waals surface area contributed by atoms with Crippen molar-refractivity contribution >= 4 is 15.9 Å². The van der Waals surface area contributed by atoms with Gasteiger partial charge in [-0.2, -0.15) is 0 Å². The van der Waals surface area contributed by atoms with Crippen molar-refractivity contribution in [3.63, 3.8) is 0 Å². The number of ether oxygens (including phenoxy) is 2. The van der Waals surface area contributed by atoms with E-state index in [-0.39, 0.29) is 24.1 Å². The zero-order chi connectivity index (χ0) is 15.7. The third-order valence-corrected chi connectivity index (χ3v) is 5.23. The van der Waals surface area contributed by atoms with E-state index in [0.29, 0.717) is 22.1 Å². The fraction of sp³-hybridized carbons (Fsp3) is 0.625. The van der Waals surface area contributed by atoms with Gasteiger partial charge in [-0.25, -0.2) is 4.39 Å². The van der Waals surface area contributed by atoms with Gasteiger partial charge in [0, 0.05) is 23.6 Å². The Bertz CT molecular complexity index is 511. The summed E-state index contributed by atoms with van der Waals surface area (Å²) in [5.41, 5.74) is 0.953. The van der Waals surface area contributed by atoms with Gasteiger partial charge < -0.3 is 14.8 Å². The van der Waals surface area contributed by atoms with Crippen molar-refractivity contribution < 1.29 is 13.9 Å². The monoisotopic (exact) mass is 359 g/mol. The van der Waals surface area contributed by atoms with Crippen LogP contribution in [0.2, 0.25) is 0 Å². The van der Waals surface area contributed by atoms with E-state index in [1.165, 1.54) is 6.07 Å². The summed E-state index contributed by atoms with van der Waals surface area (Å²) in [6.45, 7) is 6.40. The third kappa shape index (κ3) is 3.10. The van der Waals surface area contributed by atoms with Gasteiger partial charge in [0.15, 0.2) is 0 Å². The number of hydrogen-bond acceptors (Lipinski definition) is 3. The van der Waals surface area contributed by atoms with Crippen molar-refractivity contribution in [2.45, 2.75) is 39.0 Å². The largest absolute Gasteiger partial charge is 0.496 e. The molecule has 0 bridgehead atoms. The van der Waals surface area contributed by atoms with Crippen molar-refractivity contribution in [1.82, 2.24) is 5.32 Å². The number of nitrogens with one attached hydrogen (secondary N) is 1. The lowest BCUT2D eigenvalue weighted by Crippen LogP contribution is -2.33. The summed E-state index contributed by atoms with van der Waals surface area (Å²) in [6.07, 6.45) is 0.358. The fourth-order valence-corrected chi connectivity index (χ4v) is 3.75. The number of halogens is 2. The molecule has 0 spiro atoms. The van der Waals surface area contributed by atoms with Crippen LogP contribution in [0.25, 0.3) is 0 Å². The minimum atomic E-state index is -0.317. The highest BCUT2D eigenvalue weighted by Gasteiger charge is 2.42. The predicted molar refractivity (Wildman–Crippen MR) is 85.1 cm³/mol. The van der Waals surface area contributed by atoms with Gasteiger partial charge in [-0.1, -0.05) is 6.92 Å². The predicted octanol–water partition coefficient (Wildman–Crippen LogP) is 3.92. The Morgan fingerprint density at radius 2 is 1.95 bits per heavy atom. The first-order chi connectivity index (χ1) is 9.90. The van der Waals surface area contributed by atoms with Crippen LogP contribution in [0.3, 0.4) is 0 Å². The Morgan fingerprint density at radius 1 is 1.29 bits per heavy atom. The lowest BCUT2D eigenvalue weighted by atomic mass is 9.80. The highest BCUT2D eigenvalue weighted by molar-refractivity contribution is 9.10. The molecule has 118 valence electrons. The van der Waals surface area contributed by atoms with Crippen molar-refractivity contribution in [1.29, 1.82) is 0 Å². The number of methoxy groups -OCH3 is 1. The van der Waals surface area contributed by atoms with Gasteiger partial charge in [0.05, 0.1) is 23.8 Å². The molecular weight excluding hydrogens is 337 g/mol. The van der Waals surface area contributed by atoms with Crippen LogP contribution in [-0.4, -0.2) is 26.4 Å². The molecule has 0 saturated carbocycles. The molecule has 5 unspecified atom stereocenters. The van der Waals surface area contributed by atoms with Gasteiger partial charge in [0.1, 0.15) is 11.6 Å². The molecule has 0 aliphatic carbocycles. The second kappa shape index (κ2) is 6.63. The minimum absolute atomic E-state index is 0.0480. The maximum atomic E-state index is 13.7. The van der Waals surface area contributed by atoms with Crippen LogP contribution in [0, 0.1) is 17.7 Å². The summed E-state index contributed by atoms with van der Waals surface area (Å²) in [5, 5.41) is 3.36. The molecule has 1 saturated heterocycles. The standard InChI is InChI=1S/C16H23BrFNO2/c1-8-9(2)21-10(3)15(8)16(19-4)11-6-12(17)13(18)7-14(11)20-5/h6-10,15-16,19H,1-5H3. The van der Waals surface area contributed by atoms with Gasteiger partial charge in [-0.3, -0.25) is 0 Å². The maximum absolute atomic E-state index is 13.7. The molecule has 0 aromatic heterocycles. The highest BCUT2D eigenvalue weighted by atomic mass is 79.9. The SMILES string of the molecule is CNC(c1cc(Br)c(F)cc1OC)C1C(C)OC(C)C1C. The first-order valence-corrected chi connectivity index (χ1v) is 8.05. The lowest BCUT2D eigenvalue weighted by molar-refractivity contribution is 0.0477. The Hall–Kier alpha value is -0.650. The normalized spacial score (nSPS) is 30.4. The lowest BCUT2D eigenvalue weighted by Gasteiger charge is -2.30. The average Bonchev–Trinajstić information content (AvgIpc) is 2.69. The van der Waals surface area contributed by atoms with Crippen LogP contribution < -0.4 is 10.1 Å². The van der Waals surface area contributed by atoms with E-state index < -0.39 is 0 Å². The molecule has 0 amide bonds. The molecule has 1 N–H and O–H groups in total. The zero-order valence-corrected chi connectivity index (χ0v) is 14.7. The Labute approximate surface area is 134 Å². The summed E-state index contributed by atoms with van der Waals surface area (Å²) >= 11 is 3.27. The fourth-order valence-electron chi connectivity index (χ4n) is 3.39. The quantitative estimate of drug-likeness (QED) is 0.883. The summed E-state index contributed by atoms with van der Waals surface area (Å²) in [7, 11) is 3.49. The maximum Gasteiger partial charge on any atom is 0.141 e. The molecule has 1 heterocycles. The Balaban J connectivity index is 2.44. The van der Waals surface area contributed by atoms with Gasteiger partial charge in [-0.15, -0.1) is 0 Å². The average molecular weight is 360 g/mol. The van der Waals surface area contributed by atoms with Crippen LogP contribution in [0.5, 0.6) is 5.75 Å². The second-order valence-corrected chi connectivity index (χ2v) is 6.61. The summed E-state index contributed by atoms with van der Waals surface area (Å²) in [6, 6.07) is 3.28. The van der Waals surface area contributed by atoms with Crippen LogP contribution in [0.1, 0.15) is 32.4 Å². The van der Waals surface area contributed by atoms with Crippen LogP contribution in [0.4, 0.5) is 4.39 Å². The molecular formula is C16H23BrFNO2. The van der Waals surface area contributed by atoms with Crippen LogP contribution >= 0.6 is 15.9 Å². The number of hydrogen-bond donors (Lipinski definition) is 1. The number of rotatable bonds is 4. The van der Waals surface area contributed by atoms with Gasteiger partial charge in [0.2, 0.25) is 0 Å². The molecule has 2 rings (SSSR count). The first kappa shape index (κ1) is 16.7. The van der Waals surface area contributed by atoms with E-state index in [1.807, 2.05) is 7.05 Å². The van der Waals surface area contributed by atoms with Crippen LogP contribution in [-0.2, 0) is 4.74 Å².